The van der Waals surface area contributed by atoms with E-state index in [0.29, 0.717) is 35.8 Å². The average Bonchev–Trinajstić information content (AvgIpc) is 3.01. The average molecular weight is 363 g/mol. The van der Waals surface area contributed by atoms with Crippen LogP contribution in [0.15, 0.2) is 36.7 Å². The van der Waals surface area contributed by atoms with Gasteiger partial charge in [-0.1, -0.05) is 29.8 Å². The fourth-order valence-corrected chi connectivity index (χ4v) is 3.08. The third kappa shape index (κ3) is 5.58. The van der Waals surface area contributed by atoms with Gasteiger partial charge in [0.05, 0.1) is 18.3 Å². The van der Waals surface area contributed by atoms with Gasteiger partial charge in [-0.05, 0) is 39.3 Å². The van der Waals surface area contributed by atoms with Crippen LogP contribution in [0.1, 0.15) is 43.6 Å². The Hall–Kier alpha value is -1.85. The Kier molecular flexibility index (Phi) is 7.02. The minimum absolute atomic E-state index is 0.0992. The Bertz CT molecular complexity index is 688. The first-order valence-corrected chi connectivity index (χ1v) is 9.06. The predicted octanol–water partition coefficient (Wildman–Crippen LogP) is 3.43. The van der Waals surface area contributed by atoms with E-state index in [9.17, 15) is 4.79 Å². The van der Waals surface area contributed by atoms with Crippen molar-refractivity contribution in [2.45, 2.75) is 46.3 Å². The Morgan fingerprint density at radius 1 is 1.24 bits per heavy atom. The number of aromatic nitrogens is 2. The first kappa shape index (κ1) is 19.5. The number of carbonyl (C=O) groups is 1. The first-order valence-electron chi connectivity index (χ1n) is 8.68. The van der Waals surface area contributed by atoms with E-state index in [1.165, 1.54) is 0 Å². The number of nitrogens with one attached hydrogen (secondary N) is 1. The van der Waals surface area contributed by atoms with Crippen LogP contribution in [-0.4, -0.2) is 45.8 Å². The zero-order chi connectivity index (χ0) is 18.4. The third-order valence-electron chi connectivity index (χ3n) is 4.17. The number of carbonyl (C=O) groups excluding carboxylic acids is 1. The molecule has 0 unspecified atom stereocenters. The maximum atomic E-state index is 12.3. The summed E-state index contributed by atoms with van der Waals surface area (Å²) < 4.78 is 1.73. The van der Waals surface area contributed by atoms with Gasteiger partial charge in [0, 0.05) is 36.4 Å². The summed E-state index contributed by atoms with van der Waals surface area (Å²) in [7, 11) is 0. The maximum Gasteiger partial charge on any atom is 0.254 e. The Balaban J connectivity index is 1.89. The fraction of sp³-hybridized carbons (Fsp3) is 0.474. The third-order valence-corrected chi connectivity index (χ3v) is 4.54. The highest BCUT2D eigenvalue weighted by atomic mass is 35.5. The van der Waals surface area contributed by atoms with E-state index in [4.69, 9.17) is 11.6 Å². The molecule has 1 aromatic carbocycles. The van der Waals surface area contributed by atoms with Crippen molar-refractivity contribution >= 4 is 17.5 Å². The summed E-state index contributed by atoms with van der Waals surface area (Å²) in [6, 6.07) is 8.55. The molecule has 1 aromatic heterocycles. The molecular weight excluding hydrogens is 336 g/mol. The minimum atomic E-state index is -0.0992. The molecule has 1 heterocycles. The molecule has 1 N–H and O–H groups in total. The van der Waals surface area contributed by atoms with Gasteiger partial charge in [-0.2, -0.15) is 5.10 Å². The van der Waals surface area contributed by atoms with E-state index >= 15 is 0 Å². The van der Waals surface area contributed by atoms with Gasteiger partial charge in [0.25, 0.3) is 5.91 Å². The molecule has 0 aliphatic heterocycles. The van der Waals surface area contributed by atoms with E-state index < -0.39 is 0 Å². The highest BCUT2D eigenvalue weighted by Crippen LogP contribution is 2.16. The molecule has 2 aromatic rings. The molecule has 136 valence electrons. The van der Waals surface area contributed by atoms with E-state index in [0.717, 1.165) is 12.1 Å². The summed E-state index contributed by atoms with van der Waals surface area (Å²) in [6.07, 6.45) is 3.34. The van der Waals surface area contributed by atoms with E-state index in [1.54, 1.807) is 17.1 Å². The van der Waals surface area contributed by atoms with Gasteiger partial charge in [-0.15, -0.1) is 0 Å². The standard InChI is InChI=1S/C19H27ClN4O/c1-14(2)24(15(3)4)10-9-21-19(25)17-11-22-23(13-17)12-16-7-5-6-8-18(16)20/h5-8,11,13-15H,9-10,12H2,1-4H3,(H,21,25). The van der Waals surface area contributed by atoms with Crippen molar-refractivity contribution in [3.63, 3.8) is 0 Å². The second kappa shape index (κ2) is 9.02. The Morgan fingerprint density at radius 2 is 1.92 bits per heavy atom. The molecule has 0 aliphatic rings. The van der Waals surface area contributed by atoms with E-state index in [2.05, 4.69) is 43.0 Å². The molecule has 0 saturated heterocycles. The SMILES string of the molecule is CC(C)N(CCNC(=O)c1cnn(Cc2ccccc2Cl)c1)C(C)C. The molecule has 0 saturated carbocycles. The van der Waals surface area contributed by atoms with Gasteiger partial charge in [0.15, 0.2) is 0 Å². The van der Waals surface area contributed by atoms with E-state index in [1.807, 2.05) is 24.3 Å². The highest BCUT2D eigenvalue weighted by molar-refractivity contribution is 6.31. The monoisotopic (exact) mass is 362 g/mol. The van der Waals surface area contributed by atoms with Crippen molar-refractivity contribution in [3.05, 3.63) is 52.8 Å². The van der Waals surface area contributed by atoms with E-state index in [-0.39, 0.29) is 5.91 Å². The number of rotatable bonds is 8. The largest absolute Gasteiger partial charge is 0.351 e. The van der Waals surface area contributed by atoms with Crippen molar-refractivity contribution in [1.82, 2.24) is 20.0 Å². The van der Waals surface area contributed by atoms with Crippen LogP contribution in [0.4, 0.5) is 0 Å². The van der Waals surface area contributed by atoms with Crippen LogP contribution in [0.3, 0.4) is 0 Å². The maximum absolute atomic E-state index is 12.3. The van der Waals surface area contributed by atoms with Crippen LogP contribution in [0.25, 0.3) is 0 Å². The van der Waals surface area contributed by atoms with Crippen LogP contribution in [0.5, 0.6) is 0 Å². The number of amides is 1. The second-order valence-corrected chi connectivity index (χ2v) is 7.11. The van der Waals surface area contributed by atoms with Gasteiger partial charge >= 0.3 is 0 Å². The molecule has 0 atom stereocenters. The van der Waals surface area contributed by atoms with Crippen LogP contribution in [0.2, 0.25) is 5.02 Å². The Labute approximate surface area is 155 Å². The van der Waals surface area contributed by atoms with Gasteiger partial charge in [-0.25, -0.2) is 0 Å². The quantitative estimate of drug-likeness (QED) is 0.782. The Morgan fingerprint density at radius 3 is 2.56 bits per heavy atom. The molecular formula is C19H27ClN4O. The van der Waals surface area contributed by atoms with Crippen molar-refractivity contribution in [2.24, 2.45) is 0 Å². The molecule has 6 heteroatoms. The van der Waals surface area contributed by atoms with Gasteiger partial charge in [0.2, 0.25) is 0 Å². The fourth-order valence-electron chi connectivity index (χ4n) is 2.88. The van der Waals surface area contributed by atoms with Crippen LogP contribution in [-0.2, 0) is 6.54 Å². The lowest BCUT2D eigenvalue weighted by molar-refractivity contribution is 0.0939. The number of halogens is 1. The number of benzene rings is 1. The van der Waals surface area contributed by atoms with Crippen LogP contribution in [0, 0.1) is 0 Å². The van der Waals surface area contributed by atoms with Crippen LogP contribution < -0.4 is 5.32 Å². The summed E-state index contributed by atoms with van der Waals surface area (Å²) in [5, 5.41) is 7.93. The van der Waals surface area contributed by atoms with Crippen molar-refractivity contribution in [1.29, 1.82) is 0 Å². The van der Waals surface area contributed by atoms with Crippen molar-refractivity contribution in [3.8, 4) is 0 Å². The molecule has 1 amide bonds. The van der Waals surface area contributed by atoms with Crippen molar-refractivity contribution < 1.29 is 4.79 Å². The molecule has 0 bridgehead atoms. The zero-order valence-corrected chi connectivity index (χ0v) is 16.1. The predicted molar refractivity (Wildman–Crippen MR) is 102 cm³/mol. The number of nitrogens with zero attached hydrogens (tertiary/aromatic N) is 3. The number of hydrogen-bond donors (Lipinski definition) is 1. The van der Waals surface area contributed by atoms with Crippen molar-refractivity contribution in [2.75, 3.05) is 13.1 Å². The summed E-state index contributed by atoms with van der Waals surface area (Å²) in [5.74, 6) is -0.0992. The van der Waals surface area contributed by atoms with Crippen LogP contribution >= 0.6 is 11.6 Å². The van der Waals surface area contributed by atoms with Gasteiger partial charge in [0.1, 0.15) is 0 Å². The van der Waals surface area contributed by atoms with Gasteiger partial charge < -0.3 is 5.32 Å². The molecule has 2 rings (SSSR count). The normalized spacial score (nSPS) is 11.5. The lowest BCUT2D eigenvalue weighted by atomic mass is 10.2. The molecule has 0 radical (unpaired) electrons. The van der Waals surface area contributed by atoms with Gasteiger partial charge in [-0.3, -0.25) is 14.4 Å². The molecule has 0 spiro atoms. The first-order chi connectivity index (χ1) is 11.9. The smallest absolute Gasteiger partial charge is 0.254 e. The summed E-state index contributed by atoms with van der Waals surface area (Å²) in [5.41, 5.74) is 1.54. The molecule has 0 fully saturated rings. The topological polar surface area (TPSA) is 50.2 Å². The summed E-state index contributed by atoms with van der Waals surface area (Å²) >= 11 is 6.17. The lowest BCUT2D eigenvalue weighted by Gasteiger charge is -2.30. The molecule has 0 aliphatic carbocycles. The lowest BCUT2D eigenvalue weighted by Crippen LogP contribution is -2.42. The minimum Gasteiger partial charge on any atom is -0.351 e. The highest BCUT2D eigenvalue weighted by Gasteiger charge is 2.14. The second-order valence-electron chi connectivity index (χ2n) is 6.70. The number of hydrogen-bond acceptors (Lipinski definition) is 3. The summed E-state index contributed by atoms with van der Waals surface area (Å²) in [4.78, 5) is 14.6. The summed E-state index contributed by atoms with van der Waals surface area (Å²) in [6.45, 7) is 10.7. The zero-order valence-electron chi connectivity index (χ0n) is 15.4. The molecule has 5 nitrogen and oxygen atoms in total. The molecule has 25 heavy (non-hydrogen) atoms.